The Kier molecular flexibility index (Phi) is 5.76. The molecule has 2 fully saturated rings. The van der Waals surface area contributed by atoms with Crippen LogP contribution in [0.5, 0.6) is 0 Å². The first kappa shape index (κ1) is 20.1. The number of aryl methyl sites for hydroxylation is 1. The van der Waals surface area contributed by atoms with Crippen LogP contribution in [0.3, 0.4) is 0 Å². The molecule has 3 heterocycles. The number of amides is 1. The lowest BCUT2D eigenvalue weighted by Crippen LogP contribution is -2.49. The van der Waals surface area contributed by atoms with Gasteiger partial charge in [-0.25, -0.2) is 8.42 Å². The van der Waals surface area contributed by atoms with Crippen molar-refractivity contribution in [2.75, 3.05) is 24.6 Å². The number of rotatable bonds is 4. The van der Waals surface area contributed by atoms with Crippen molar-refractivity contribution in [2.24, 2.45) is 0 Å². The summed E-state index contributed by atoms with van der Waals surface area (Å²) in [6.45, 7) is 6.86. The van der Waals surface area contributed by atoms with Gasteiger partial charge in [-0.3, -0.25) is 9.59 Å². The van der Waals surface area contributed by atoms with E-state index in [4.69, 9.17) is 0 Å². The SMILES string of the molecule is CC(=O)c1[nH]c(C)c(C(=O)NC2CCN(C3CCS(=O)(=O)CC3)CC2)c1C. The Morgan fingerprint density at radius 2 is 1.67 bits per heavy atom. The molecule has 8 heteroatoms. The number of sulfone groups is 1. The van der Waals surface area contributed by atoms with Crippen molar-refractivity contribution >= 4 is 21.5 Å². The third kappa shape index (κ3) is 4.43. The molecule has 150 valence electrons. The van der Waals surface area contributed by atoms with Crippen LogP contribution in [-0.2, 0) is 9.84 Å². The Labute approximate surface area is 160 Å². The van der Waals surface area contributed by atoms with E-state index < -0.39 is 9.84 Å². The molecule has 0 radical (unpaired) electrons. The number of H-pyrrole nitrogens is 1. The van der Waals surface area contributed by atoms with Gasteiger partial charge in [0, 0.05) is 37.8 Å². The lowest BCUT2D eigenvalue weighted by molar-refractivity contribution is 0.0884. The monoisotopic (exact) mass is 395 g/mol. The molecule has 1 aromatic rings. The van der Waals surface area contributed by atoms with Crippen molar-refractivity contribution in [1.82, 2.24) is 15.2 Å². The number of likely N-dealkylation sites (tertiary alicyclic amines) is 1. The fourth-order valence-electron chi connectivity index (χ4n) is 4.35. The quantitative estimate of drug-likeness (QED) is 0.755. The minimum Gasteiger partial charge on any atom is -0.355 e. The zero-order valence-electron chi connectivity index (χ0n) is 16.3. The normalized spacial score (nSPS) is 21.9. The van der Waals surface area contributed by atoms with Crippen molar-refractivity contribution in [1.29, 1.82) is 0 Å². The van der Waals surface area contributed by atoms with E-state index in [1.165, 1.54) is 6.92 Å². The molecule has 2 saturated heterocycles. The van der Waals surface area contributed by atoms with Gasteiger partial charge in [0.1, 0.15) is 9.84 Å². The summed E-state index contributed by atoms with van der Waals surface area (Å²) in [5, 5.41) is 3.11. The zero-order valence-corrected chi connectivity index (χ0v) is 17.1. The smallest absolute Gasteiger partial charge is 0.253 e. The summed E-state index contributed by atoms with van der Waals surface area (Å²) in [6, 6.07) is 0.452. The first-order valence-electron chi connectivity index (χ1n) is 9.63. The average molecular weight is 396 g/mol. The maximum atomic E-state index is 12.7. The lowest BCUT2D eigenvalue weighted by atomic mass is 10.00. The molecule has 0 saturated carbocycles. The second-order valence-electron chi connectivity index (χ2n) is 7.85. The van der Waals surface area contributed by atoms with Gasteiger partial charge in [0.2, 0.25) is 0 Å². The molecule has 0 unspecified atom stereocenters. The number of piperidine rings is 1. The van der Waals surface area contributed by atoms with Crippen LogP contribution < -0.4 is 5.32 Å². The molecule has 7 nitrogen and oxygen atoms in total. The van der Waals surface area contributed by atoms with Crippen molar-refractivity contribution in [3.05, 3.63) is 22.5 Å². The standard InChI is InChI=1S/C19H29N3O4S/c1-12-17(13(2)20-18(12)14(3)23)19(24)21-15-4-8-22(9-5-15)16-6-10-27(25,26)11-7-16/h15-16,20H,4-11H2,1-3H3,(H,21,24). The second kappa shape index (κ2) is 7.75. The third-order valence-electron chi connectivity index (χ3n) is 5.92. The number of ketones is 1. The van der Waals surface area contributed by atoms with Gasteiger partial charge >= 0.3 is 0 Å². The van der Waals surface area contributed by atoms with Gasteiger partial charge in [-0.1, -0.05) is 0 Å². The summed E-state index contributed by atoms with van der Waals surface area (Å²) >= 11 is 0. The van der Waals surface area contributed by atoms with Crippen LogP contribution in [0, 0.1) is 13.8 Å². The molecule has 1 aromatic heterocycles. The summed E-state index contributed by atoms with van der Waals surface area (Å²) in [6.07, 6.45) is 3.15. The number of Topliss-reactive ketones (excluding diaryl/α,β-unsaturated/α-hetero) is 1. The van der Waals surface area contributed by atoms with E-state index in [0.29, 0.717) is 34.4 Å². The van der Waals surface area contributed by atoms with E-state index in [0.717, 1.165) is 44.5 Å². The fourth-order valence-corrected chi connectivity index (χ4v) is 5.82. The number of nitrogens with zero attached hydrogens (tertiary/aromatic N) is 1. The molecular formula is C19H29N3O4S. The van der Waals surface area contributed by atoms with Crippen molar-refractivity contribution in [3.63, 3.8) is 0 Å². The Morgan fingerprint density at radius 1 is 1.07 bits per heavy atom. The zero-order chi connectivity index (χ0) is 19.8. The van der Waals surface area contributed by atoms with E-state index in [2.05, 4.69) is 15.2 Å². The number of hydrogen-bond donors (Lipinski definition) is 2. The van der Waals surface area contributed by atoms with E-state index in [9.17, 15) is 18.0 Å². The molecule has 0 aliphatic carbocycles. The molecule has 0 aromatic carbocycles. The van der Waals surface area contributed by atoms with Crippen LogP contribution >= 0.6 is 0 Å². The molecule has 0 atom stereocenters. The molecule has 3 rings (SSSR count). The highest BCUT2D eigenvalue weighted by atomic mass is 32.2. The van der Waals surface area contributed by atoms with Gasteiger partial charge in [0.05, 0.1) is 22.8 Å². The van der Waals surface area contributed by atoms with Crippen molar-refractivity contribution < 1.29 is 18.0 Å². The topological polar surface area (TPSA) is 99.3 Å². The van der Waals surface area contributed by atoms with Crippen molar-refractivity contribution in [2.45, 2.75) is 58.5 Å². The Balaban J connectivity index is 1.55. The highest BCUT2D eigenvalue weighted by Crippen LogP contribution is 2.23. The van der Waals surface area contributed by atoms with E-state index in [-0.39, 0.29) is 17.7 Å². The summed E-state index contributed by atoms with van der Waals surface area (Å²) in [5.41, 5.74) is 2.49. The maximum Gasteiger partial charge on any atom is 0.253 e. The maximum absolute atomic E-state index is 12.7. The number of hydrogen-bond acceptors (Lipinski definition) is 5. The van der Waals surface area contributed by atoms with E-state index in [1.54, 1.807) is 6.92 Å². The number of carbonyl (C=O) groups excluding carboxylic acids is 2. The van der Waals surface area contributed by atoms with E-state index in [1.807, 2.05) is 6.92 Å². The predicted molar refractivity (Wildman–Crippen MR) is 104 cm³/mol. The lowest BCUT2D eigenvalue weighted by Gasteiger charge is -2.39. The molecular weight excluding hydrogens is 366 g/mol. The van der Waals surface area contributed by atoms with Crippen molar-refractivity contribution in [3.8, 4) is 0 Å². The van der Waals surface area contributed by atoms with Gasteiger partial charge in [-0.2, -0.15) is 0 Å². The van der Waals surface area contributed by atoms with Crippen LogP contribution in [-0.4, -0.2) is 66.7 Å². The fraction of sp³-hybridized carbons (Fsp3) is 0.684. The van der Waals surface area contributed by atoms with Gasteiger partial charge < -0.3 is 15.2 Å². The molecule has 2 aliphatic heterocycles. The Morgan fingerprint density at radius 3 is 2.19 bits per heavy atom. The average Bonchev–Trinajstić information content (AvgIpc) is 2.90. The largest absolute Gasteiger partial charge is 0.355 e. The van der Waals surface area contributed by atoms with Crippen LogP contribution in [0.1, 0.15) is 64.7 Å². The molecule has 2 aliphatic rings. The molecule has 0 bridgehead atoms. The summed E-state index contributed by atoms with van der Waals surface area (Å²) in [7, 11) is -2.83. The van der Waals surface area contributed by atoms with Crippen LogP contribution in [0.15, 0.2) is 0 Å². The minimum absolute atomic E-state index is 0.0718. The van der Waals surface area contributed by atoms with Gasteiger partial charge in [0.15, 0.2) is 5.78 Å². The van der Waals surface area contributed by atoms with Gasteiger partial charge in [0.25, 0.3) is 5.91 Å². The Bertz CT molecular complexity index is 821. The van der Waals surface area contributed by atoms with Crippen LogP contribution in [0.25, 0.3) is 0 Å². The predicted octanol–water partition coefficient (Wildman–Crippen LogP) is 1.61. The first-order chi connectivity index (χ1) is 12.7. The highest BCUT2D eigenvalue weighted by Gasteiger charge is 2.31. The molecule has 1 amide bonds. The minimum atomic E-state index is -2.83. The number of aromatic amines is 1. The molecule has 2 N–H and O–H groups in total. The van der Waals surface area contributed by atoms with Crippen LogP contribution in [0.2, 0.25) is 0 Å². The first-order valence-corrected chi connectivity index (χ1v) is 11.5. The third-order valence-corrected chi connectivity index (χ3v) is 7.64. The summed E-state index contributed by atoms with van der Waals surface area (Å²) < 4.78 is 23.2. The molecule has 0 spiro atoms. The van der Waals surface area contributed by atoms with Crippen LogP contribution in [0.4, 0.5) is 0 Å². The summed E-state index contributed by atoms with van der Waals surface area (Å²) in [4.78, 5) is 29.8. The van der Waals surface area contributed by atoms with Gasteiger partial charge in [-0.15, -0.1) is 0 Å². The number of carbonyl (C=O) groups is 2. The second-order valence-corrected chi connectivity index (χ2v) is 10.2. The highest BCUT2D eigenvalue weighted by molar-refractivity contribution is 7.91. The number of nitrogens with one attached hydrogen (secondary N) is 2. The Hall–Kier alpha value is -1.67. The molecule has 27 heavy (non-hydrogen) atoms. The van der Waals surface area contributed by atoms with Gasteiger partial charge in [-0.05, 0) is 45.1 Å². The summed E-state index contributed by atoms with van der Waals surface area (Å²) in [5.74, 6) is 0.381. The number of aromatic nitrogens is 1. The van der Waals surface area contributed by atoms with E-state index >= 15 is 0 Å².